The molecule has 96 valence electrons. The molecule has 0 unspecified atom stereocenters. The van der Waals surface area contributed by atoms with Crippen LogP contribution in [-0.2, 0) is 4.74 Å². The lowest BCUT2D eigenvalue weighted by atomic mass is 10.2. The van der Waals surface area contributed by atoms with Crippen molar-refractivity contribution in [3.63, 3.8) is 0 Å². The number of carbonyl (C=O) groups is 1. The van der Waals surface area contributed by atoms with Gasteiger partial charge in [-0.15, -0.1) is 0 Å². The molecule has 4 nitrogen and oxygen atoms in total. The zero-order valence-corrected chi connectivity index (χ0v) is 10.5. The van der Waals surface area contributed by atoms with Crippen LogP contribution in [0.2, 0.25) is 0 Å². The van der Waals surface area contributed by atoms with Gasteiger partial charge in [-0.1, -0.05) is 18.2 Å². The van der Waals surface area contributed by atoms with Gasteiger partial charge in [0.05, 0.1) is 7.11 Å². The van der Waals surface area contributed by atoms with E-state index in [1.165, 1.54) is 19.2 Å². The minimum atomic E-state index is -0.601. The first kappa shape index (κ1) is 13.8. The Hall–Kier alpha value is -2.23. The lowest BCUT2D eigenvalue weighted by Gasteiger charge is -2.07. The lowest BCUT2D eigenvalue weighted by molar-refractivity contribution is 0.0597. The van der Waals surface area contributed by atoms with Crippen LogP contribution >= 0.6 is 0 Å². The molecule has 0 aliphatic heterocycles. The normalized spacial score (nSPS) is 10.3. The summed E-state index contributed by atoms with van der Waals surface area (Å²) < 4.78 is 9.95. The molecule has 4 heteroatoms. The molecule has 0 fully saturated rings. The summed E-state index contributed by atoms with van der Waals surface area (Å²) in [5, 5.41) is 9.50. The number of aromatic hydroxyl groups is 1. The number of rotatable bonds is 5. The summed E-state index contributed by atoms with van der Waals surface area (Å²) in [6.45, 7) is 5.96. The highest BCUT2D eigenvalue weighted by atomic mass is 16.5. The highest BCUT2D eigenvalue weighted by molar-refractivity contribution is 5.92. The predicted octanol–water partition coefficient (Wildman–Crippen LogP) is 2.69. The van der Waals surface area contributed by atoms with Crippen molar-refractivity contribution in [2.24, 2.45) is 0 Å². The van der Waals surface area contributed by atoms with Gasteiger partial charge in [-0.25, -0.2) is 4.79 Å². The van der Waals surface area contributed by atoms with Crippen molar-refractivity contribution in [1.29, 1.82) is 0 Å². The fourth-order valence-corrected chi connectivity index (χ4v) is 1.27. The zero-order chi connectivity index (χ0) is 13.5. The number of esters is 1. The molecule has 0 saturated heterocycles. The summed E-state index contributed by atoms with van der Waals surface area (Å²) >= 11 is 0. The molecule has 1 N–H and O–H groups in total. The van der Waals surface area contributed by atoms with Crippen molar-refractivity contribution in [3.05, 3.63) is 48.1 Å². The van der Waals surface area contributed by atoms with Gasteiger partial charge in [-0.2, -0.15) is 0 Å². The summed E-state index contributed by atoms with van der Waals surface area (Å²) in [5.41, 5.74) is 1.01. The second-order valence-corrected chi connectivity index (χ2v) is 3.73. The van der Waals surface area contributed by atoms with E-state index in [0.29, 0.717) is 12.4 Å². The van der Waals surface area contributed by atoms with Crippen LogP contribution in [0.1, 0.15) is 17.3 Å². The molecular formula is C14H16O4. The van der Waals surface area contributed by atoms with Gasteiger partial charge in [0.25, 0.3) is 0 Å². The number of carbonyl (C=O) groups excluding carboxylic acids is 1. The molecule has 0 aliphatic carbocycles. The van der Waals surface area contributed by atoms with Crippen LogP contribution in [0.25, 0.3) is 0 Å². The first-order chi connectivity index (χ1) is 8.54. The maximum absolute atomic E-state index is 11.3. The molecule has 0 aliphatic rings. The molecule has 1 aromatic rings. The van der Waals surface area contributed by atoms with E-state index < -0.39 is 5.97 Å². The van der Waals surface area contributed by atoms with Crippen LogP contribution in [-0.4, -0.2) is 24.8 Å². The standard InChI is InChI=1S/C14H16O4/c1-10(2)5-4-8-18-11-6-7-13(15)12(9-11)14(16)17-3/h4-7,9,15H,1,8H2,2-3H3/b5-4+. The third-order valence-electron chi connectivity index (χ3n) is 2.12. The maximum Gasteiger partial charge on any atom is 0.341 e. The first-order valence-corrected chi connectivity index (χ1v) is 5.40. The average molecular weight is 248 g/mol. The molecule has 0 saturated carbocycles. The Morgan fingerprint density at radius 1 is 1.50 bits per heavy atom. The second kappa shape index (κ2) is 6.49. The minimum absolute atomic E-state index is 0.0823. The van der Waals surface area contributed by atoms with E-state index in [1.807, 2.05) is 19.1 Å². The molecule has 0 amide bonds. The Balaban J connectivity index is 2.73. The molecule has 18 heavy (non-hydrogen) atoms. The Morgan fingerprint density at radius 3 is 2.83 bits per heavy atom. The van der Waals surface area contributed by atoms with Crippen molar-refractivity contribution in [2.45, 2.75) is 6.92 Å². The number of methoxy groups -OCH3 is 1. The van der Waals surface area contributed by atoms with E-state index in [1.54, 1.807) is 6.07 Å². The zero-order valence-electron chi connectivity index (χ0n) is 10.5. The quantitative estimate of drug-likeness (QED) is 0.643. The monoisotopic (exact) mass is 248 g/mol. The molecule has 0 spiro atoms. The van der Waals surface area contributed by atoms with Crippen LogP contribution in [0.3, 0.4) is 0 Å². The summed E-state index contributed by atoms with van der Waals surface area (Å²) in [5.74, 6) is -0.248. The molecule has 0 heterocycles. The summed E-state index contributed by atoms with van der Waals surface area (Å²) in [4.78, 5) is 11.3. The molecular weight excluding hydrogens is 232 g/mol. The SMILES string of the molecule is C=C(C)/C=C/COc1ccc(O)c(C(=O)OC)c1. The first-order valence-electron chi connectivity index (χ1n) is 5.40. The summed E-state index contributed by atoms with van der Waals surface area (Å²) in [7, 11) is 1.25. The van der Waals surface area contributed by atoms with Gasteiger partial charge in [-0.05, 0) is 31.2 Å². The van der Waals surface area contributed by atoms with E-state index in [2.05, 4.69) is 11.3 Å². The molecule has 1 aromatic carbocycles. The van der Waals surface area contributed by atoms with Gasteiger partial charge >= 0.3 is 5.97 Å². The van der Waals surface area contributed by atoms with Crippen molar-refractivity contribution in [2.75, 3.05) is 13.7 Å². The smallest absolute Gasteiger partial charge is 0.341 e. The summed E-state index contributed by atoms with van der Waals surface area (Å²) in [6.07, 6.45) is 3.65. The van der Waals surface area contributed by atoms with Gasteiger partial charge in [0.15, 0.2) is 0 Å². The van der Waals surface area contributed by atoms with Crippen LogP contribution in [0.15, 0.2) is 42.5 Å². The largest absolute Gasteiger partial charge is 0.507 e. The van der Waals surface area contributed by atoms with Crippen molar-refractivity contribution < 1.29 is 19.4 Å². The number of hydrogen-bond donors (Lipinski definition) is 1. The third-order valence-corrected chi connectivity index (χ3v) is 2.12. The third kappa shape index (κ3) is 3.97. The van der Waals surface area contributed by atoms with Crippen molar-refractivity contribution in [1.82, 2.24) is 0 Å². The van der Waals surface area contributed by atoms with Crippen LogP contribution < -0.4 is 4.74 Å². The van der Waals surface area contributed by atoms with E-state index in [-0.39, 0.29) is 11.3 Å². The highest BCUT2D eigenvalue weighted by Gasteiger charge is 2.12. The Morgan fingerprint density at radius 2 is 2.22 bits per heavy atom. The van der Waals surface area contributed by atoms with Crippen LogP contribution in [0.5, 0.6) is 11.5 Å². The van der Waals surface area contributed by atoms with E-state index >= 15 is 0 Å². The molecule has 0 atom stereocenters. The fourth-order valence-electron chi connectivity index (χ4n) is 1.27. The maximum atomic E-state index is 11.3. The van der Waals surface area contributed by atoms with Gasteiger partial charge in [0, 0.05) is 0 Å². The van der Waals surface area contributed by atoms with Gasteiger partial charge in [0.2, 0.25) is 0 Å². The van der Waals surface area contributed by atoms with E-state index in [0.717, 1.165) is 5.57 Å². The molecule has 0 radical (unpaired) electrons. The number of phenolic OH excluding ortho intramolecular Hbond substituents is 1. The molecule has 0 aromatic heterocycles. The fraction of sp³-hybridized carbons (Fsp3) is 0.214. The average Bonchev–Trinajstić information content (AvgIpc) is 2.35. The number of ether oxygens (including phenoxy) is 2. The Kier molecular flexibility index (Phi) is 4.99. The highest BCUT2D eigenvalue weighted by Crippen LogP contribution is 2.23. The van der Waals surface area contributed by atoms with Crippen LogP contribution in [0.4, 0.5) is 0 Å². The Bertz CT molecular complexity index is 475. The van der Waals surface area contributed by atoms with Gasteiger partial charge in [0.1, 0.15) is 23.7 Å². The number of allylic oxidation sites excluding steroid dienone is 2. The Labute approximate surface area is 106 Å². The second-order valence-electron chi connectivity index (χ2n) is 3.73. The lowest BCUT2D eigenvalue weighted by Crippen LogP contribution is -2.02. The molecule has 0 bridgehead atoms. The van der Waals surface area contributed by atoms with E-state index in [9.17, 15) is 9.90 Å². The van der Waals surface area contributed by atoms with Gasteiger partial charge in [-0.3, -0.25) is 0 Å². The van der Waals surface area contributed by atoms with Crippen molar-refractivity contribution in [3.8, 4) is 11.5 Å². The predicted molar refractivity (Wildman–Crippen MR) is 68.9 cm³/mol. The van der Waals surface area contributed by atoms with Gasteiger partial charge < -0.3 is 14.6 Å². The topological polar surface area (TPSA) is 55.8 Å². The molecule has 1 rings (SSSR count). The summed E-state index contributed by atoms with van der Waals surface area (Å²) in [6, 6.07) is 4.41. The van der Waals surface area contributed by atoms with E-state index in [4.69, 9.17) is 4.74 Å². The van der Waals surface area contributed by atoms with Crippen molar-refractivity contribution >= 4 is 5.97 Å². The number of phenols is 1. The van der Waals surface area contributed by atoms with Crippen LogP contribution in [0, 0.1) is 0 Å². The minimum Gasteiger partial charge on any atom is -0.507 e. The number of benzene rings is 1. The number of hydrogen-bond acceptors (Lipinski definition) is 4.